The largest absolute Gasteiger partial charge is 0.308 e. The van der Waals surface area contributed by atoms with Crippen LogP contribution in [-0.2, 0) is 0 Å². The monoisotopic (exact) mass is 231 g/mol. The average molecular weight is 232 g/mol. The topological polar surface area (TPSA) is 12.0 Å². The summed E-state index contributed by atoms with van der Waals surface area (Å²) in [5.74, 6) is 0. The zero-order chi connectivity index (χ0) is 10.6. The first-order valence-corrected chi connectivity index (χ1v) is 6.39. The maximum Gasteiger partial charge on any atom is 0.0931 e. The molecule has 80 valence electrons. The molecule has 1 heterocycles. The average Bonchev–Trinajstić information content (AvgIpc) is 2.52. The molecule has 14 heavy (non-hydrogen) atoms. The lowest BCUT2D eigenvalue weighted by atomic mass is 10.1. The first-order valence-electron chi connectivity index (χ1n) is 5.13. The summed E-state index contributed by atoms with van der Waals surface area (Å²) in [6.45, 7) is 6.63. The van der Waals surface area contributed by atoms with E-state index in [1.54, 1.807) is 11.3 Å². The van der Waals surface area contributed by atoms with E-state index in [0.29, 0.717) is 12.1 Å². The second-order valence-corrected chi connectivity index (χ2v) is 5.30. The predicted octanol–water partition coefficient (Wildman–Crippen LogP) is 4.24. The van der Waals surface area contributed by atoms with Crippen LogP contribution in [0.5, 0.6) is 0 Å². The smallest absolute Gasteiger partial charge is 0.0931 e. The van der Waals surface area contributed by atoms with Gasteiger partial charge in [0.05, 0.1) is 4.34 Å². The molecule has 0 saturated heterocycles. The molecule has 1 rings (SSSR count). The minimum atomic E-state index is 0.403. The standard InChI is InChI=1S/C11H18ClNS/c1-4-5-8(2)13-9(3)10-6-11(12)14-7-10/h6-9,13H,4-5H2,1-3H3. The molecule has 0 saturated carbocycles. The molecule has 0 radical (unpaired) electrons. The van der Waals surface area contributed by atoms with Gasteiger partial charge in [0.25, 0.3) is 0 Å². The SMILES string of the molecule is CCCC(C)NC(C)c1csc(Cl)c1. The summed E-state index contributed by atoms with van der Waals surface area (Å²) in [5, 5.41) is 5.68. The van der Waals surface area contributed by atoms with Gasteiger partial charge in [0.1, 0.15) is 0 Å². The van der Waals surface area contributed by atoms with Crippen LogP contribution in [0.1, 0.15) is 45.2 Å². The van der Waals surface area contributed by atoms with Crippen LogP contribution in [0.2, 0.25) is 4.34 Å². The molecule has 0 aromatic carbocycles. The van der Waals surface area contributed by atoms with Crippen LogP contribution in [0.4, 0.5) is 0 Å². The van der Waals surface area contributed by atoms with Crippen LogP contribution in [-0.4, -0.2) is 6.04 Å². The number of halogens is 1. The van der Waals surface area contributed by atoms with E-state index in [4.69, 9.17) is 11.6 Å². The predicted molar refractivity (Wildman–Crippen MR) is 65.2 cm³/mol. The zero-order valence-electron chi connectivity index (χ0n) is 9.01. The Hall–Kier alpha value is -0.0500. The van der Waals surface area contributed by atoms with Crippen LogP contribution in [0, 0.1) is 0 Å². The van der Waals surface area contributed by atoms with Crippen molar-refractivity contribution in [2.45, 2.75) is 45.7 Å². The maximum absolute atomic E-state index is 5.89. The highest BCUT2D eigenvalue weighted by molar-refractivity contribution is 7.14. The highest BCUT2D eigenvalue weighted by atomic mass is 35.5. The molecule has 3 heteroatoms. The Morgan fingerprint density at radius 2 is 2.21 bits per heavy atom. The van der Waals surface area contributed by atoms with Crippen molar-refractivity contribution in [2.24, 2.45) is 0 Å². The quantitative estimate of drug-likeness (QED) is 0.799. The fraction of sp³-hybridized carbons (Fsp3) is 0.636. The molecule has 0 fully saturated rings. The molecule has 0 aliphatic rings. The Kier molecular flexibility index (Phi) is 4.93. The summed E-state index contributed by atoms with van der Waals surface area (Å²) in [6, 6.07) is 3.02. The van der Waals surface area contributed by atoms with Gasteiger partial charge in [-0.2, -0.15) is 0 Å². The fourth-order valence-electron chi connectivity index (χ4n) is 1.59. The Labute approximate surface area is 95.5 Å². The molecule has 2 atom stereocenters. The van der Waals surface area contributed by atoms with Gasteiger partial charge in [0.2, 0.25) is 0 Å². The third-order valence-electron chi connectivity index (χ3n) is 2.34. The van der Waals surface area contributed by atoms with Gasteiger partial charge in [-0.25, -0.2) is 0 Å². The van der Waals surface area contributed by atoms with Crippen molar-refractivity contribution in [3.8, 4) is 0 Å². The van der Waals surface area contributed by atoms with Gasteiger partial charge in [-0.15, -0.1) is 11.3 Å². The van der Waals surface area contributed by atoms with E-state index in [1.165, 1.54) is 18.4 Å². The lowest BCUT2D eigenvalue weighted by Crippen LogP contribution is -2.28. The molecule has 1 nitrogen and oxygen atoms in total. The Morgan fingerprint density at radius 1 is 1.50 bits per heavy atom. The van der Waals surface area contributed by atoms with Crippen molar-refractivity contribution >= 4 is 22.9 Å². The Bertz CT molecular complexity index is 272. The summed E-state index contributed by atoms with van der Waals surface area (Å²) in [6.07, 6.45) is 2.45. The van der Waals surface area contributed by atoms with Gasteiger partial charge in [0.15, 0.2) is 0 Å². The lowest BCUT2D eigenvalue weighted by Gasteiger charge is -2.18. The van der Waals surface area contributed by atoms with Crippen molar-refractivity contribution in [2.75, 3.05) is 0 Å². The number of hydrogen-bond donors (Lipinski definition) is 1. The van der Waals surface area contributed by atoms with Gasteiger partial charge in [0, 0.05) is 12.1 Å². The molecule has 1 N–H and O–H groups in total. The van der Waals surface area contributed by atoms with E-state index in [0.717, 1.165) is 4.34 Å². The van der Waals surface area contributed by atoms with Gasteiger partial charge in [-0.05, 0) is 37.3 Å². The zero-order valence-corrected chi connectivity index (χ0v) is 10.6. The second kappa shape index (κ2) is 5.74. The van der Waals surface area contributed by atoms with Gasteiger partial charge >= 0.3 is 0 Å². The van der Waals surface area contributed by atoms with E-state index in [2.05, 4.69) is 31.5 Å². The third kappa shape index (κ3) is 3.60. The van der Waals surface area contributed by atoms with Crippen molar-refractivity contribution < 1.29 is 0 Å². The van der Waals surface area contributed by atoms with Crippen LogP contribution < -0.4 is 5.32 Å². The lowest BCUT2D eigenvalue weighted by molar-refractivity contribution is 0.453. The molecule has 0 spiro atoms. The number of hydrogen-bond acceptors (Lipinski definition) is 2. The summed E-state index contributed by atoms with van der Waals surface area (Å²) in [5.41, 5.74) is 1.29. The molecule has 1 aromatic rings. The molecule has 0 aliphatic heterocycles. The summed E-state index contributed by atoms with van der Waals surface area (Å²) in [4.78, 5) is 0. The fourth-order valence-corrected chi connectivity index (χ4v) is 2.57. The number of nitrogens with one attached hydrogen (secondary N) is 1. The highest BCUT2D eigenvalue weighted by Gasteiger charge is 2.09. The minimum absolute atomic E-state index is 0.403. The highest BCUT2D eigenvalue weighted by Crippen LogP contribution is 2.25. The molecule has 0 aliphatic carbocycles. The molecular weight excluding hydrogens is 214 g/mol. The summed E-state index contributed by atoms with van der Waals surface area (Å²) < 4.78 is 0.872. The number of thiophene rings is 1. The van der Waals surface area contributed by atoms with Crippen LogP contribution >= 0.6 is 22.9 Å². The van der Waals surface area contributed by atoms with Crippen LogP contribution in [0.25, 0.3) is 0 Å². The van der Waals surface area contributed by atoms with E-state index in [9.17, 15) is 0 Å². The maximum atomic E-state index is 5.89. The van der Waals surface area contributed by atoms with Crippen molar-refractivity contribution in [3.05, 3.63) is 21.3 Å². The van der Waals surface area contributed by atoms with Crippen LogP contribution in [0.3, 0.4) is 0 Å². The van der Waals surface area contributed by atoms with Crippen molar-refractivity contribution in [3.63, 3.8) is 0 Å². The van der Waals surface area contributed by atoms with E-state index >= 15 is 0 Å². The number of rotatable bonds is 5. The Balaban J connectivity index is 2.45. The molecule has 0 amide bonds. The summed E-state index contributed by atoms with van der Waals surface area (Å²) >= 11 is 7.49. The minimum Gasteiger partial charge on any atom is -0.308 e. The third-order valence-corrected chi connectivity index (χ3v) is 3.45. The molecule has 0 bridgehead atoms. The van der Waals surface area contributed by atoms with Gasteiger partial charge in [-0.3, -0.25) is 0 Å². The second-order valence-electron chi connectivity index (χ2n) is 3.76. The molecule has 1 aromatic heterocycles. The van der Waals surface area contributed by atoms with Crippen LogP contribution in [0.15, 0.2) is 11.4 Å². The summed E-state index contributed by atoms with van der Waals surface area (Å²) in [7, 11) is 0. The van der Waals surface area contributed by atoms with Crippen molar-refractivity contribution in [1.82, 2.24) is 5.32 Å². The van der Waals surface area contributed by atoms with E-state index in [1.807, 2.05) is 6.07 Å². The first kappa shape index (κ1) is 12.0. The molecular formula is C11H18ClNS. The molecule has 2 unspecified atom stereocenters. The Morgan fingerprint density at radius 3 is 2.71 bits per heavy atom. The first-order chi connectivity index (χ1) is 6.63. The van der Waals surface area contributed by atoms with Gasteiger partial charge in [-0.1, -0.05) is 24.9 Å². The van der Waals surface area contributed by atoms with Crippen molar-refractivity contribution in [1.29, 1.82) is 0 Å². The normalized spacial score (nSPS) is 15.4. The van der Waals surface area contributed by atoms with E-state index < -0.39 is 0 Å². The van der Waals surface area contributed by atoms with E-state index in [-0.39, 0.29) is 0 Å². The van der Waals surface area contributed by atoms with Gasteiger partial charge < -0.3 is 5.32 Å².